The highest BCUT2D eigenvalue weighted by atomic mass is 16.5. The molecule has 2 amide bonds. The van der Waals surface area contributed by atoms with E-state index in [1.54, 1.807) is 23.1 Å². The fourth-order valence-electron chi connectivity index (χ4n) is 5.12. The van der Waals surface area contributed by atoms with E-state index in [0.29, 0.717) is 40.7 Å². The van der Waals surface area contributed by atoms with Gasteiger partial charge in [0.2, 0.25) is 11.8 Å². The molecule has 0 spiro atoms. The summed E-state index contributed by atoms with van der Waals surface area (Å²) in [6, 6.07) is 2.74. The Balaban J connectivity index is 1.57. The second kappa shape index (κ2) is 9.20. The number of rotatable bonds is 9. The molecule has 5 rings (SSSR count). The second-order valence-corrected chi connectivity index (χ2v) is 9.73. The number of nitrogens with zero attached hydrogens (tertiary/aromatic N) is 1. The first-order valence-electron chi connectivity index (χ1n) is 12.0. The summed E-state index contributed by atoms with van der Waals surface area (Å²) in [4.78, 5) is 28.2. The number of fused-ring (bicyclic) bond motifs is 3. The number of aliphatic hydroxyl groups excluding tert-OH is 3. The topological polar surface area (TPSA) is 129 Å². The van der Waals surface area contributed by atoms with Crippen LogP contribution in [-0.2, 0) is 16.2 Å². The fraction of sp³-hybridized carbons (Fsp3) is 0.600. The molecule has 1 aromatic rings. The molecule has 1 aliphatic heterocycles. The van der Waals surface area contributed by atoms with Gasteiger partial charge in [0.15, 0.2) is 11.5 Å². The van der Waals surface area contributed by atoms with Crippen molar-refractivity contribution in [3.63, 3.8) is 0 Å². The van der Waals surface area contributed by atoms with Crippen molar-refractivity contribution < 1.29 is 34.4 Å². The van der Waals surface area contributed by atoms with Crippen LogP contribution in [0.5, 0.6) is 11.5 Å². The standard InChI is InChI=1S/C25H32N2O7/c1-33-19-9-14(12-29)8-16-20-17(24(31)26-6-7-28)10-18(21(30)23(20)34-22(16)19)27(11-13-2-3-13)25(32)15-4-5-15/h8-10,13,15,18,20-21,23,28-30H,2-7,11-12H2,1H3,(H,26,31). The third-order valence-electron chi connectivity index (χ3n) is 7.22. The molecule has 9 heteroatoms. The van der Waals surface area contributed by atoms with E-state index in [4.69, 9.17) is 9.47 Å². The van der Waals surface area contributed by atoms with Crippen LogP contribution in [0.15, 0.2) is 23.8 Å². The zero-order chi connectivity index (χ0) is 24.0. The first-order chi connectivity index (χ1) is 16.5. The average Bonchev–Trinajstić information content (AvgIpc) is 3.78. The fourth-order valence-corrected chi connectivity index (χ4v) is 5.12. The number of carbonyl (C=O) groups excluding carboxylic acids is 2. The van der Waals surface area contributed by atoms with Gasteiger partial charge in [-0.15, -0.1) is 0 Å². The largest absolute Gasteiger partial charge is 0.493 e. The van der Waals surface area contributed by atoms with Crippen LogP contribution in [0.3, 0.4) is 0 Å². The van der Waals surface area contributed by atoms with E-state index in [0.717, 1.165) is 25.7 Å². The van der Waals surface area contributed by atoms with Gasteiger partial charge in [0.05, 0.1) is 32.3 Å². The molecular weight excluding hydrogens is 440 g/mol. The normalized spacial score (nSPS) is 27.2. The number of ether oxygens (including phenoxy) is 2. The Morgan fingerprint density at radius 1 is 1.21 bits per heavy atom. The third kappa shape index (κ3) is 4.16. The highest BCUT2D eigenvalue weighted by Crippen LogP contribution is 2.52. The monoisotopic (exact) mass is 472 g/mol. The molecule has 0 saturated heterocycles. The van der Waals surface area contributed by atoms with Gasteiger partial charge >= 0.3 is 0 Å². The summed E-state index contributed by atoms with van der Waals surface area (Å²) in [6.45, 7) is 0.221. The highest BCUT2D eigenvalue weighted by molar-refractivity contribution is 5.96. The minimum atomic E-state index is -1.05. The SMILES string of the molecule is COc1cc(CO)cc2c1OC1C2C(C(=O)NCCO)=CC(N(CC2CC2)C(=O)C2CC2)C1O. The summed E-state index contributed by atoms with van der Waals surface area (Å²) in [6.07, 6.45) is 3.68. The average molecular weight is 473 g/mol. The van der Waals surface area contributed by atoms with Crippen LogP contribution < -0.4 is 14.8 Å². The van der Waals surface area contributed by atoms with E-state index in [1.807, 2.05) is 0 Å². The first kappa shape index (κ1) is 23.1. The quantitative estimate of drug-likeness (QED) is 0.411. The summed E-state index contributed by atoms with van der Waals surface area (Å²) in [5, 5.41) is 33.2. The Morgan fingerprint density at radius 3 is 2.59 bits per heavy atom. The van der Waals surface area contributed by atoms with E-state index in [1.165, 1.54) is 7.11 Å². The number of methoxy groups -OCH3 is 1. The van der Waals surface area contributed by atoms with Crippen LogP contribution >= 0.6 is 0 Å². The Bertz CT molecular complexity index is 1000. The second-order valence-electron chi connectivity index (χ2n) is 9.73. The lowest BCUT2D eigenvalue weighted by molar-refractivity contribution is -0.138. The van der Waals surface area contributed by atoms with Gasteiger partial charge in [-0.3, -0.25) is 9.59 Å². The first-order valence-corrected chi connectivity index (χ1v) is 12.0. The Kier molecular flexibility index (Phi) is 6.26. The number of hydrogen-bond acceptors (Lipinski definition) is 7. The maximum absolute atomic E-state index is 13.2. The van der Waals surface area contributed by atoms with E-state index in [-0.39, 0.29) is 37.5 Å². The predicted octanol–water partition coefficient (Wildman–Crippen LogP) is 0.459. The summed E-state index contributed by atoms with van der Waals surface area (Å²) in [5.41, 5.74) is 1.64. The molecule has 2 saturated carbocycles. The van der Waals surface area contributed by atoms with Crippen LogP contribution in [0, 0.1) is 11.8 Å². The summed E-state index contributed by atoms with van der Waals surface area (Å²) < 4.78 is 11.7. The van der Waals surface area contributed by atoms with Crippen LogP contribution in [0.1, 0.15) is 42.7 Å². The molecule has 9 nitrogen and oxygen atoms in total. The zero-order valence-electron chi connectivity index (χ0n) is 19.3. The molecule has 4 N–H and O–H groups in total. The Morgan fingerprint density at radius 2 is 1.97 bits per heavy atom. The minimum Gasteiger partial charge on any atom is -0.493 e. The van der Waals surface area contributed by atoms with Gasteiger partial charge in [-0.05, 0) is 55.4 Å². The number of nitrogens with one attached hydrogen (secondary N) is 1. The highest BCUT2D eigenvalue weighted by Gasteiger charge is 2.52. The molecule has 4 atom stereocenters. The summed E-state index contributed by atoms with van der Waals surface area (Å²) >= 11 is 0. The van der Waals surface area contributed by atoms with Crippen LogP contribution in [-0.4, -0.2) is 77.1 Å². The zero-order valence-corrected chi connectivity index (χ0v) is 19.3. The van der Waals surface area contributed by atoms with Crippen molar-refractivity contribution >= 4 is 11.8 Å². The number of aliphatic hydroxyl groups is 3. The van der Waals surface area contributed by atoms with Gasteiger partial charge in [-0.1, -0.05) is 0 Å². The predicted molar refractivity (Wildman–Crippen MR) is 121 cm³/mol. The molecule has 1 heterocycles. The third-order valence-corrected chi connectivity index (χ3v) is 7.22. The lowest BCUT2D eigenvalue weighted by atomic mass is 9.77. The van der Waals surface area contributed by atoms with Crippen molar-refractivity contribution in [1.29, 1.82) is 0 Å². The van der Waals surface area contributed by atoms with Gasteiger partial charge in [0.1, 0.15) is 12.2 Å². The number of hydrogen-bond donors (Lipinski definition) is 4. The molecule has 0 radical (unpaired) electrons. The van der Waals surface area contributed by atoms with Gasteiger partial charge in [0.25, 0.3) is 0 Å². The Labute approximate surface area is 198 Å². The van der Waals surface area contributed by atoms with Crippen LogP contribution in [0.25, 0.3) is 0 Å². The molecule has 0 bridgehead atoms. The number of amides is 2. The maximum Gasteiger partial charge on any atom is 0.247 e. The molecule has 2 fully saturated rings. The lowest BCUT2D eigenvalue weighted by Gasteiger charge is -2.41. The van der Waals surface area contributed by atoms with Crippen molar-refractivity contribution in [2.75, 3.05) is 26.8 Å². The minimum absolute atomic E-state index is 0.0161. The van der Waals surface area contributed by atoms with Gasteiger partial charge < -0.3 is 35.0 Å². The van der Waals surface area contributed by atoms with E-state index in [2.05, 4.69) is 5.32 Å². The number of benzene rings is 1. The molecule has 34 heavy (non-hydrogen) atoms. The van der Waals surface area contributed by atoms with Gasteiger partial charge in [-0.25, -0.2) is 0 Å². The molecule has 0 aromatic heterocycles. The van der Waals surface area contributed by atoms with Crippen LogP contribution in [0.2, 0.25) is 0 Å². The summed E-state index contributed by atoms with van der Waals surface area (Å²) in [7, 11) is 1.50. The van der Waals surface area contributed by atoms with E-state index in [9.17, 15) is 24.9 Å². The maximum atomic E-state index is 13.2. The molecule has 4 aliphatic rings. The van der Waals surface area contributed by atoms with Gasteiger partial charge in [0, 0.05) is 30.1 Å². The Hall–Kier alpha value is -2.62. The lowest BCUT2D eigenvalue weighted by Crippen LogP contribution is -2.56. The van der Waals surface area contributed by atoms with Crippen molar-refractivity contribution in [3.8, 4) is 11.5 Å². The summed E-state index contributed by atoms with van der Waals surface area (Å²) in [5.74, 6) is 0.294. The smallest absolute Gasteiger partial charge is 0.247 e. The van der Waals surface area contributed by atoms with Crippen molar-refractivity contribution in [2.45, 2.75) is 56.5 Å². The van der Waals surface area contributed by atoms with Crippen molar-refractivity contribution in [3.05, 3.63) is 34.9 Å². The van der Waals surface area contributed by atoms with Crippen LogP contribution in [0.4, 0.5) is 0 Å². The van der Waals surface area contributed by atoms with E-state index >= 15 is 0 Å². The molecule has 3 aliphatic carbocycles. The molecule has 184 valence electrons. The molecule has 1 aromatic carbocycles. The van der Waals surface area contributed by atoms with Crippen molar-refractivity contribution in [1.82, 2.24) is 10.2 Å². The molecule has 4 unspecified atom stereocenters. The van der Waals surface area contributed by atoms with Crippen molar-refractivity contribution in [2.24, 2.45) is 11.8 Å². The van der Waals surface area contributed by atoms with E-state index < -0.39 is 24.2 Å². The molecular formula is C25H32N2O7. The number of carbonyl (C=O) groups is 2. The van der Waals surface area contributed by atoms with Gasteiger partial charge in [-0.2, -0.15) is 0 Å².